The van der Waals surface area contributed by atoms with Crippen molar-refractivity contribution < 1.29 is 5.32 Å². The molecule has 0 bridgehead atoms. The molecule has 0 spiro atoms. The molecule has 0 amide bonds. The molecule has 0 aromatic heterocycles. The molecule has 98 valence electrons. The number of hydrogen-bond acceptors (Lipinski definition) is 0. The average molecular weight is 235 g/mol. The van der Waals surface area contributed by atoms with E-state index in [4.69, 9.17) is 0 Å². The molecule has 6 atom stereocenters. The summed E-state index contributed by atoms with van der Waals surface area (Å²) in [7, 11) is 4.25. The van der Waals surface area contributed by atoms with Gasteiger partial charge in [-0.05, 0) is 42.4 Å². The highest BCUT2D eigenvalue weighted by molar-refractivity contribution is 5.17. The third-order valence-corrected chi connectivity index (χ3v) is 7.00. The molecule has 2 unspecified atom stereocenters. The molecular weight excluding hydrogens is 206 g/mol. The summed E-state index contributed by atoms with van der Waals surface area (Å²) in [6.07, 6.45) is 5.74. The third-order valence-electron chi connectivity index (χ3n) is 7.00. The highest BCUT2D eigenvalue weighted by atomic mass is 15.0. The Hall–Kier alpha value is -0.0400. The molecule has 3 fully saturated rings. The lowest BCUT2D eigenvalue weighted by Crippen LogP contribution is -2.94. The maximum Gasteiger partial charge on any atom is 0.0783 e. The topological polar surface area (TPSA) is 16.6 Å². The van der Waals surface area contributed by atoms with Crippen LogP contribution in [0.3, 0.4) is 0 Å². The number of rotatable bonds is 1. The van der Waals surface area contributed by atoms with E-state index in [0.717, 1.165) is 29.6 Å². The van der Waals surface area contributed by atoms with E-state index in [-0.39, 0.29) is 0 Å². The fraction of sp³-hybridized carbons (Fsp3) is 0.938. The Kier molecular flexibility index (Phi) is 2.47. The maximum atomic E-state index is 4.25. The minimum atomic E-state index is 0.479. The molecule has 0 aromatic carbocycles. The number of fused-ring (bicyclic) bond motifs is 3. The van der Waals surface area contributed by atoms with Crippen molar-refractivity contribution in [1.29, 1.82) is 0 Å². The highest BCUT2D eigenvalue weighted by Crippen LogP contribution is 2.70. The Bertz CT molecular complexity index is 321. The van der Waals surface area contributed by atoms with Gasteiger partial charge in [0.1, 0.15) is 0 Å². The van der Waals surface area contributed by atoms with Crippen LogP contribution in [0, 0.1) is 42.1 Å². The van der Waals surface area contributed by atoms with Gasteiger partial charge in [0, 0.05) is 18.3 Å². The summed E-state index contributed by atoms with van der Waals surface area (Å²) in [6.45, 7) is 10.0. The summed E-state index contributed by atoms with van der Waals surface area (Å²) in [5, 5.41) is 2.36. The number of hydrogen-bond donors (Lipinski definition) is 1. The second-order valence-corrected chi connectivity index (χ2v) is 7.79. The zero-order valence-electron chi connectivity index (χ0n) is 12.0. The molecule has 3 aliphatic carbocycles. The van der Waals surface area contributed by atoms with Crippen LogP contribution in [0.25, 0.3) is 0 Å². The van der Waals surface area contributed by atoms with Gasteiger partial charge in [0.15, 0.2) is 0 Å². The van der Waals surface area contributed by atoms with Gasteiger partial charge in [-0.25, -0.2) is 0 Å². The average Bonchev–Trinajstić information content (AvgIpc) is 2.69. The molecule has 0 aromatic rings. The Labute approximate surface area is 107 Å². The van der Waals surface area contributed by atoms with E-state index < -0.39 is 0 Å². The van der Waals surface area contributed by atoms with E-state index in [1.165, 1.54) is 25.7 Å². The molecule has 3 saturated carbocycles. The molecule has 1 heteroatoms. The zero-order chi connectivity index (χ0) is 12.4. The summed E-state index contributed by atoms with van der Waals surface area (Å²) < 4.78 is 0. The maximum absolute atomic E-state index is 4.25. The predicted octanol–water partition coefficient (Wildman–Crippen LogP) is 2.83. The standard InChI is InChI=1S/C16H29N/c1-10-8-9-16(17-5)11(2)6-7-12-14(13(10)16)15(12,3)4/h10-14H,5-9,17H2,1-4H3/t10-,11-,12?,13+,14?,16-/m0/s1. The van der Waals surface area contributed by atoms with Crippen molar-refractivity contribution in [2.45, 2.75) is 58.9 Å². The molecule has 1 nitrogen and oxygen atoms in total. The first-order valence-corrected chi connectivity index (χ1v) is 7.58. The van der Waals surface area contributed by atoms with E-state index in [1.54, 1.807) is 0 Å². The van der Waals surface area contributed by atoms with Crippen LogP contribution >= 0.6 is 0 Å². The zero-order valence-corrected chi connectivity index (χ0v) is 12.0. The van der Waals surface area contributed by atoms with Crippen LogP contribution in [0.4, 0.5) is 0 Å². The first-order chi connectivity index (χ1) is 7.95. The Balaban J connectivity index is 2.00. The lowest BCUT2D eigenvalue weighted by molar-refractivity contribution is -0.692. The molecule has 2 N–H and O–H groups in total. The lowest BCUT2D eigenvalue weighted by atomic mass is 9.71. The molecule has 0 heterocycles. The molecule has 0 saturated heterocycles. The van der Waals surface area contributed by atoms with Crippen LogP contribution in [0.15, 0.2) is 0 Å². The van der Waals surface area contributed by atoms with E-state index in [0.29, 0.717) is 11.0 Å². The van der Waals surface area contributed by atoms with E-state index >= 15 is 0 Å². The van der Waals surface area contributed by atoms with Gasteiger partial charge in [-0.15, -0.1) is 0 Å². The van der Waals surface area contributed by atoms with Gasteiger partial charge < -0.3 is 5.32 Å². The van der Waals surface area contributed by atoms with Crippen molar-refractivity contribution in [1.82, 2.24) is 0 Å². The first kappa shape index (κ1) is 12.0. The minimum absolute atomic E-state index is 0.479. The van der Waals surface area contributed by atoms with Crippen LogP contribution in [-0.4, -0.2) is 5.54 Å². The van der Waals surface area contributed by atoms with Gasteiger partial charge in [0.05, 0.1) is 5.54 Å². The molecule has 3 rings (SSSR count). The van der Waals surface area contributed by atoms with Gasteiger partial charge >= 0.3 is 0 Å². The highest BCUT2D eigenvalue weighted by Gasteiger charge is 2.69. The quantitative estimate of drug-likeness (QED) is 0.673. The van der Waals surface area contributed by atoms with Gasteiger partial charge in [-0.1, -0.05) is 27.7 Å². The fourth-order valence-corrected chi connectivity index (χ4v) is 5.81. The van der Waals surface area contributed by atoms with E-state index in [9.17, 15) is 0 Å². The van der Waals surface area contributed by atoms with Crippen molar-refractivity contribution in [3.63, 3.8) is 0 Å². The largest absolute Gasteiger partial charge is 0.473 e. The van der Waals surface area contributed by atoms with Crippen molar-refractivity contribution in [3.8, 4) is 0 Å². The molecular formula is C16H29N. The molecule has 0 radical (unpaired) electrons. The normalized spacial score (nSPS) is 55.9. The van der Waals surface area contributed by atoms with Crippen molar-refractivity contribution in [3.05, 3.63) is 7.05 Å². The van der Waals surface area contributed by atoms with Crippen molar-refractivity contribution >= 4 is 0 Å². The number of quaternary nitrogens is 1. The van der Waals surface area contributed by atoms with Gasteiger partial charge in [-0.2, -0.15) is 7.05 Å². The second-order valence-electron chi connectivity index (χ2n) is 7.79. The molecule has 17 heavy (non-hydrogen) atoms. The van der Waals surface area contributed by atoms with Crippen LogP contribution in [0.1, 0.15) is 53.4 Å². The van der Waals surface area contributed by atoms with E-state index in [2.05, 4.69) is 40.1 Å². The Morgan fingerprint density at radius 2 is 1.76 bits per heavy atom. The summed E-state index contributed by atoms with van der Waals surface area (Å²) in [5.74, 6) is 4.71. The van der Waals surface area contributed by atoms with E-state index in [1.807, 2.05) is 0 Å². The van der Waals surface area contributed by atoms with Gasteiger partial charge in [0.25, 0.3) is 0 Å². The Morgan fingerprint density at radius 3 is 2.41 bits per heavy atom. The first-order valence-electron chi connectivity index (χ1n) is 7.58. The van der Waals surface area contributed by atoms with Crippen molar-refractivity contribution in [2.24, 2.45) is 35.0 Å². The van der Waals surface area contributed by atoms with Gasteiger partial charge in [0.2, 0.25) is 0 Å². The van der Waals surface area contributed by atoms with Gasteiger partial charge in [-0.3, -0.25) is 0 Å². The molecule has 0 aliphatic heterocycles. The SMILES string of the molecule is [CH2-][NH2+][C@]12CC[C@H](C)[C@@H]1C1C(CC[C@@H]2C)C1(C)C. The summed E-state index contributed by atoms with van der Waals surface area (Å²) in [6, 6.07) is 0. The third kappa shape index (κ3) is 1.35. The smallest absolute Gasteiger partial charge is 0.0783 e. The second kappa shape index (κ2) is 3.50. The van der Waals surface area contributed by atoms with Crippen LogP contribution in [0.5, 0.6) is 0 Å². The molecule has 3 aliphatic rings. The Morgan fingerprint density at radius 1 is 1.06 bits per heavy atom. The minimum Gasteiger partial charge on any atom is -0.473 e. The summed E-state index contributed by atoms with van der Waals surface area (Å²) >= 11 is 0. The summed E-state index contributed by atoms with van der Waals surface area (Å²) in [4.78, 5) is 0. The van der Waals surface area contributed by atoms with Crippen LogP contribution < -0.4 is 5.32 Å². The predicted molar refractivity (Wildman–Crippen MR) is 71.1 cm³/mol. The van der Waals surface area contributed by atoms with Crippen molar-refractivity contribution in [2.75, 3.05) is 0 Å². The number of nitrogens with two attached hydrogens (primary N) is 1. The van der Waals surface area contributed by atoms with Crippen LogP contribution in [0.2, 0.25) is 0 Å². The lowest BCUT2D eigenvalue weighted by Gasteiger charge is -2.41. The van der Waals surface area contributed by atoms with Crippen LogP contribution in [-0.2, 0) is 0 Å². The monoisotopic (exact) mass is 235 g/mol. The summed E-state index contributed by atoms with van der Waals surface area (Å²) in [5.41, 5.74) is 1.10. The fourth-order valence-electron chi connectivity index (χ4n) is 5.81.